The zero-order valence-corrected chi connectivity index (χ0v) is 28.7. The van der Waals surface area contributed by atoms with Gasteiger partial charge in [-0.3, -0.25) is 0 Å². The van der Waals surface area contributed by atoms with E-state index < -0.39 is 0 Å². The molecule has 1 aromatic heterocycles. The lowest BCUT2D eigenvalue weighted by Gasteiger charge is -2.26. The molecular formula is C49H33NS. The van der Waals surface area contributed by atoms with Crippen molar-refractivity contribution in [2.45, 2.75) is 5.92 Å². The number of para-hydroxylation sites is 1. The number of nitrogens with zero attached hydrogens (tertiary/aromatic N) is 1. The molecule has 51 heavy (non-hydrogen) atoms. The van der Waals surface area contributed by atoms with Gasteiger partial charge in [-0.25, -0.2) is 0 Å². The van der Waals surface area contributed by atoms with Crippen molar-refractivity contribution in [3.63, 3.8) is 0 Å². The molecule has 1 heterocycles. The predicted octanol–water partition coefficient (Wildman–Crippen LogP) is 14.0. The first-order chi connectivity index (χ1) is 25.3. The Morgan fingerprint density at radius 1 is 0.373 bits per heavy atom. The zero-order chi connectivity index (χ0) is 33.7. The molecule has 0 aliphatic heterocycles. The average Bonchev–Trinajstić information content (AvgIpc) is 3.75. The standard InChI is InChI=1S/C49H33NS/c1-3-13-33(14-4-1)34-23-27-38(28-24-34)50(37-15-5-2-6-16-37)39-29-25-35(26-30-39)45-31-36(32-46-42-19-11-12-22-47(42)51-49(45)46)48-43-20-9-7-17-40(43)41-18-8-10-21-44(41)48/h1-32,48H. The molecule has 8 aromatic carbocycles. The molecule has 0 bridgehead atoms. The van der Waals surface area contributed by atoms with Crippen molar-refractivity contribution in [2.75, 3.05) is 4.90 Å². The minimum Gasteiger partial charge on any atom is -0.311 e. The Balaban J connectivity index is 1.11. The van der Waals surface area contributed by atoms with Gasteiger partial charge in [0.1, 0.15) is 0 Å². The fraction of sp³-hybridized carbons (Fsp3) is 0.0204. The second-order valence-electron chi connectivity index (χ2n) is 13.3. The molecule has 10 rings (SSSR count). The Morgan fingerprint density at radius 3 is 1.55 bits per heavy atom. The first kappa shape index (κ1) is 29.7. The number of rotatable bonds is 6. The zero-order valence-electron chi connectivity index (χ0n) is 27.9. The van der Waals surface area contributed by atoms with Gasteiger partial charge in [0.05, 0.1) is 0 Å². The maximum atomic E-state index is 2.47. The Morgan fingerprint density at radius 2 is 0.882 bits per heavy atom. The lowest BCUT2D eigenvalue weighted by atomic mass is 9.86. The minimum absolute atomic E-state index is 0.186. The average molecular weight is 668 g/mol. The molecule has 240 valence electrons. The van der Waals surface area contributed by atoms with Crippen LogP contribution in [0.5, 0.6) is 0 Å². The van der Waals surface area contributed by atoms with E-state index in [1.54, 1.807) is 0 Å². The van der Waals surface area contributed by atoms with E-state index in [2.05, 4.69) is 199 Å². The molecule has 0 saturated carbocycles. The normalized spacial score (nSPS) is 12.2. The summed E-state index contributed by atoms with van der Waals surface area (Å²) >= 11 is 1.90. The summed E-state index contributed by atoms with van der Waals surface area (Å²) in [4.78, 5) is 2.34. The van der Waals surface area contributed by atoms with Crippen molar-refractivity contribution < 1.29 is 0 Å². The SMILES string of the molecule is c1ccc(-c2ccc(N(c3ccccc3)c3ccc(-c4cc(C5c6ccccc6-c6ccccc65)cc5c4sc4ccccc45)cc3)cc2)cc1. The number of hydrogen-bond acceptors (Lipinski definition) is 2. The van der Waals surface area contributed by atoms with Gasteiger partial charge >= 0.3 is 0 Å². The fourth-order valence-electron chi connectivity index (χ4n) is 7.99. The summed E-state index contributed by atoms with van der Waals surface area (Å²) in [5.41, 5.74) is 15.1. The molecule has 2 heteroatoms. The van der Waals surface area contributed by atoms with Crippen molar-refractivity contribution >= 4 is 48.6 Å². The highest BCUT2D eigenvalue weighted by molar-refractivity contribution is 7.26. The van der Waals surface area contributed by atoms with Gasteiger partial charge in [-0.1, -0.05) is 140 Å². The quantitative estimate of drug-likeness (QED) is 0.171. The van der Waals surface area contributed by atoms with Gasteiger partial charge in [0.2, 0.25) is 0 Å². The number of fused-ring (bicyclic) bond motifs is 6. The molecule has 0 N–H and O–H groups in total. The number of hydrogen-bond donors (Lipinski definition) is 0. The molecule has 1 nitrogen and oxygen atoms in total. The van der Waals surface area contributed by atoms with Crippen molar-refractivity contribution in [3.05, 3.63) is 211 Å². The Hall–Kier alpha value is -6.22. The minimum atomic E-state index is 0.186. The summed E-state index contributed by atoms with van der Waals surface area (Å²) in [5.74, 6) is 0.186. The number of benzene rings is 8. The summed E-state index contributed by atoms with van der Waals surface area (Å²) in [6, 6.07) is 71.0. The fourth-order valence-corrected chi connectivity index (χ4v) is 9.21. The number of thiophene rings is 1. The lowest BCUT2D eigenvalue weighted by molar-refractivity contribution is 1.02. The van der Waals surface area contributed by atoms with E-state index in [0.29, 0.717) is 0 Å². The topological polar surface area (TPSA) is 3.24 Å². The molecule has 0 saturated heterocycles. The van der Waals surface area contributed by atoms with Crippen molar-refractivity contribution in [3.8, 4) is 33.4 Å². The highest BCUT2D eigenvalue weighted by Gasteiger charge is 2.30. The molecule has 0 amide bonds. The van der Waals surface area contributed by atoms with Gasteiger partial charge in [0, 0.05) is 43.2 Å². The summed E-state index contributed by atoms with van der Waals surface area (Å²) in [5, 5.41) is 2.66. The van der Waals surface area contributed by atoms with Gasteiger partial charge in [-0.2, -0.15) is 0 Å². The second-order valence-corrected chi connectivity index (χ2v) is 14.3. The van der Waals surface area contributed by atoms with E-state index in [4.69, 9.17) is 0 Å². The summed E-state index contributed by atoms with van der Waals surface area (Å²) in [6.45, 7) is 0. The molecule has 0 spiro atoms. The second kappa shape index (κ2) is 12.3. The van der Waals surface area contributed by atoms with Gasteiger partial charge in [0.25, 0.3) is 0 Å². The first-order valence-corrected chi connectivity index (χ1v) is 18.4. The van der Waals surface area contributed by atoms with E-state index in [-0.39, 0.29) is 5.92 Å². The van der Waals surface area contributed by atoms with Crippen LogP contribution in [-0.2, 0) is 0 Å². The van der Waals surface area contributed by atoms with Crippen molar-refractivity contribution in [2.24, 2.45) is 0 Å². The highest BCUT2D eigenvalue weighted by Crippen LogP contribution is 2.50. The number of anilines is 3. The van der Waals surface area contributed by atoms with Gasteiger partial charge in [0.15, 0.2) is 0 Å². The summed E-state index contributed by atoms with van der Waals surface area (Å²) in [7, 11) is 0. The Labute approximate surface area is 302 Å². The van der Waals surface area contributed by atoms with E-state index >= 15 is 0 Å². The lowest BCUT2D eigenvalue weighted by Crippen LogP contribution is -2.09. The van der Waals surface area contributed by atoms with Gasteiger partial charge < -0.3 is 4.90 Å². The maximum Gasteiger partial charge on any atom is 0.0462 e. The van der Waals surface area contributed by atoms with Crippen LogP contribution in [0.15, 0.2) is 194 Å². The van der Waals surface area contributed by atoms with E-state index in [9.17, 15) is 0 Å². The van der Waals surface area contributed by atoms with Crippen LogP contribution in [0.1, 0.15) is 22.6 Å². The summed E-state index contributed by atoms with van der Waals surface area (Å²) < 4.78 is 2.66. The van der Waals surface area contributed by atoms with Crippen LogP contribution in [0.25, 0.3) is 53.6 Å². The summed E-state index contributed by atoms with van der Waals surface area (Å²) in [6.07, 6.45) is 0. The third-order valence-corrected chi connectivity index (χ3v) is 11.6. The first-order valence-electron chi connectivity index (χ1n) is 17.5. The van der Waals surface area contributed by atoms with Crippen molar-refractivity contribution in [1.82, 2.24) is 0 Å². The largest absolute Gasteiger partial charge is 0.311 e. The molecule has 0 radical (unpaired) electrons. The van der Waals surface area contributed by atoms with Crippen LogP contribution < -0.4 is 4.90 Å². The van der Waals surface area contributed by atoms with Crippen LogP contribution in [-0.4, -0.2) is 0 Å². The van der Waals surface area contributed by atoms with Gasteiger partial charge in [-0.05, 0) is 105 Å². The van der Waals surface area contributed by atoms with Gasteiger partial charge in [-0.15, -0.1) is 11.3 Å². The maximum absolute atomic E-state index is 2.47. The van der Waals surface area contributed by atoms with E-state index in [1.807, 2.05) is 11.3 Å². The molecule has 0 fully saturated rings. The molecule has 0 unspecified atom stereocenters. The van der Waals surface area contributed by atoms with E-state index in [1.165, 1.54) is 70.2 Å². The molecule has 9 aromatic rings. The predicted molar refractivity (Wildman–Crippen MR) is 218 cm³/mol. The smallest absolute Gasteiger partial charge is 0.0462 e. The molecule has 0 atom stereocenters. The highest BCUT2D eigenvalue weighted by atomic mass is 32.1. The molecule has 1 aliphatic carbocycles. The third-order valence-electron chi connectivity index (χ3n) is 10.4. The molecule has 1 aliphatic rings. The molecular weight excluding hydrogens is 635 g/mol. The van der Waals surface area contributed by atoms with Crippen LogP contribution in [0, 0.1) is 0 Å². The van der Waals surface area contributed by atoms with Crippen LogP contribution in [0.3, 0.4) is 0 Å². The van der Waals surface area contributed by atoms with Crippen LogP contribution >= 0.6 is 11.3 Å². The monoisotopic (exact) mass is 667 g/mol. The van der Waals surface area contributed by atoms with Crippen LogP contribution in [0.2, 0.25) is 0 Å². The Bertz CT molecular complexity index is 2630. The van der Waals surface area contributed by atoms with Crippen LogP contribution in [0.4, 0.5) is 17.1 Å². The van der Waals surface area contributed by atoms with E-state index in [0.717, 1.165) is 17.1 Å². The third kappa shape index (κ3) is 5.07. The van der Waals surface area contributed by atoms with Crippen molar-refractivity contribution in [1.29, 1.82) is 0 Å². The Kier molecular flexibility index (Phi) is 7.14.